The van der Waals surface area contributed by atoms with Crippen molar-refractivity contribution in [3.05, 3.63) is 35.4 Å². The topological polar surface area (TPSA) is 29.3 Å². The highest BCUT2D eigenvalue weighted by Crippen LogP contribution is 2.36. The lowest BCUT2D eigenvalue weighted by molar-refractivity contribution is 0.0917. The third-order valence-electron chi connectivity index (χ3n) is 4.49. The van der Waals surface area contributed by atoms with Gasteiger partial charge in [-0.2, -0.15) is 0 Å². The number of aryl methyl sites for hydroxylation is 1. The van der Waals surface area contributed by atoms with Crippen LogP contribution in [0.15, 0.2) is 24.3 Å². The highest BCUT2D eigenvalue weighted by molar-refractivity contribution is 5.22. The summed E-state index contributed by atoms with van der Waals surface area (Å²) in [6, 6.07) is 9.60. The molecule has 0 amide bonds. The van der Waals surface area contributed by atoms with Crippen LogP contribution < -0.4 is 5.73 Å². The van der Waals surface area contributed by atoms with E-state index in [-0.39, 0.29) is 0 Å². The lowest BCUT2D eigenvalue weighted by atomic mass is 9.72. The molecule has 1 fully saturated rings. The fourth-order valence-electron chi connectivity index (χ4n) is 3.27. The molecule has 1 aromatic rings. The molecule has 2 unspecified atom stereocenters. The standard InChI is InChI=1S/C17H28N2/c1-13-6-5-7-14(10-13)12-19(4)16-11-17(2,3)9-8-15(16)18/h5-7,10,15-16H,8-9,11-12,18H2,1-4H3. The van der Waals surface area contributed by atoms with E-state index in [2.05, 4.69) is 57.0 Å². The van der Waals surface area contributed by atoms with Crippen LogP contribution in [0.25, 0.3) is 0 Å². The van der Waals surface area contributed by atoms with Crippen LogP contribution >= 0.6 is 0 Å². The number of hydrogen-bond acceptors (Lipinski definition) is 2. The molecule has 19 heavy (non-hydrogen) atoms. The van der Waals surface area contributed by atoms with Crippen LogP contribution in [-0.2, 0) is 6.54 Å². The first-order valence-corrected chi connectivity index (χ1v) is 7.39. The van der Waals surface area contributed by atoms with E-state index in [9.17, 15) is 0 Å². The Balaban J connectivity index is 2.04. The van der Waals surface area contributed by atoms with Gasteiger partial charge in [0, 0.05) is 18.6 Å². The molecular formula is C17H28N2. The maximum Gasteiger partial charge on any atom is 0.0252 e. The second kappa shape index (κ2) is 5.64. The fraction of sp³-hybridized carbons (Fsp3) is 0.647. The summed E-state index contributed by atoms with van der Waals surface area (Å²) in [5.74, 6) is 0. The van der Waals surface area contributed by atoms with Gasteiger partial charge in [-0.05, 0) is 44.2 Å². The Morgan fingerprint density at radius 2 is 2.11 bits per heavy atom. The van der Waals surface area contributed by atoms with E-state index in [4.69, 9.17) is 5.73 Å². The van der Waals surface area contributed by atoms with Gasteiger partial charge in [-0.15, -0.1) is 0 Å². The number of rotatable bonds is 3. The summed E-state index contributed by atoms with van der Waals surface area (Å²) in [6.07, 6.45) is 3.61. The first kappa shape index (κ1) is 14.5. The monoisotopic (exact) mass is 260 g/mol. The van der Waals surface area contributed by atoms with Gasteiger partial charge in [0.15, 0.2) is 0 Å². The maximum atomic E-state index is 6.34. The molecule has 2 heteroatoms. The summed E-state index contributed by atoms with van der Waals surface area (Å²) < 4.78 is 0. The smallest absolute Gasteiger partial charge is 0.0252 e. The molecular weight excluding hydrogens is 232 g/mol. The highest BCUT2D eigenvalue weighted by atomic mass is 15.1. The van der Waals surface area contributed by atoms with Gasteiger partial charge in [-0.25, -0.2) is 0 Å². The molecule has 1 aromatic carbocycles. The van der Waals surface area contributed by atoms with Crippen LogP contribution in [0.3, 0.4) is 0 Å². The average Bonchev–Trinajstić information content (AvgIpc) is 2.32. The molecule has 2 rings (SSSR count). The Morgan fingerprint density at radius 3 is 2.79 bits per heavy atom. The zero-order chi connectivity index (χ0) is 14.0. The molecule has 2 atom stereocenters. The van der Waals surface area contributed by atoms with Crippen molar-refractivity contribution in [1.82, 2.24) is 4.90 Å². The third-order valence-corrected chi connectivity index (χ3v) is 4.49. The van der Waals surface area contributed by atoms with E-state index in [1.165, 1.54) is 24.0 Å². The Kier molecular flexibility index (Phi) is 4.32. The normalized spacial score (nSPS) is 26.6. The number of nitrogens with zero attached hydrogens (tertiary/aromatic N) is 1. The highest BCUT2D eigenvalue weighted by Gasteiger charge is 2.34. The van der Waals surface area contributed by atoms with E-state index >= 15 is 0 Å². The van der Waals surface area contributed by atoms with Gasteiger partial charge >= 0.3 is 0 Å². The maximum absolute atomic E-state index is 6.34. The van der Waals surface area contributed by atoms with Crippen molar-refractivity contribution in [2.45, 2.75) is 58.7 Å². The first-order valence-electron chi connectivity index (χ1n) is 7.39. The van der Waals surface area contributed by atoms with Gasteiger partial charge in [0.1, 0.15) is 0 Å². The Labute approximate surface area is 118 Å². The first-order chi connectivity index (χ1) is 8.87. The molecule has 0 bridgehead atoms. The minimum absolute atomic E-state index is 0.322. The van der Waals surface area contributed by atoms with E-state index in [1.54, 1.807) is 0 Å². The molecule has 2 N–H and O–H groups in total. The minimum atomic E-state index is 0.322. The van der Waals surface area contributed by atoms with E-state index < -0.39 is 0 Å². The summed E-state index contributed by atoms with van der Waals surface area (Å²) in [5, 5.41) is 0. The van der Waals surface area contributed by atoms with Crippen molar-refractivity contribution in [1.29, 1.82) is 0 Å². The van der Waals surface area contributed by atoms with Gasteiger partial charge < -0.3 is 5.73 Å². The van der Waals surface area contributed by atoms with E-state index in [0.717, 1.165) is 13.0 Å². The number of hydrogen-bond donors (Lipinski definition) is 1. The fourth-order valence-corrected chi connectivity index (χ4v) is 3.27. The Morgan fingerprint density at radius 1 is 1.37 bits per heavy atom. The second-order valence-corrected chi connectivity index (χ2v) is 7.04. The van der Waals surface area contributed by atoms with Gasteiger partial charge in [-0.1, -0.05) is 43.7 Å². The van der Waals surface area contributed by atoms with Crippen molar-refractivity contribution in [3.63, 3.8) is 0 Å². The quantitative estimate of drug-likeness (QED) is 0.903. The molecule has 0 aromatic heterocycles. The predicted molar refractivity (Wildman–Crippen MR) is 82.0 cm³/mol. The van der Waals surface area contributed by atoms with Gasteiger partial charge in [0.25, 0.3) is 0 Å². The Hall–Kier alpha value is -0.860. The summed E-state index contributed by atoms with van der Waals surface area (Å²) in [7, 11) is 2.22. The SMILES string of the molecule is Cc1cccc(CN(C)C2CC(C)(C)CCC2N)c1. The third kappa shape index (κ3) is 3.80. The van der Waals surface area contributed by atoms with Crippen molar-refractivity contribution >= 4 is 0 Å². The molecule has 1 saturated carbocycles. The zero-order valence-corrected chi connectivity index (χ0v) is 12.8. The number of likely N-dealkylation sites (N-methyl/N-ethyl adjacent to an activating group) is 1. The summed E-state index contributed by atoms with van der Waals surface area (Å²) >= 11 is 0. The Bertz CT molecular complexity index is 425. The van der Waals surface area contributed by atoms with Crippen molar-refractivity contribution in [2.24, 2.45) is 11.1 Å². The predicted octanol–water partition coefficient (Wildman–Crippen LogP) is 3.33. The van der Waals surface area contributed by atoms with Gasteiger partial charge in [0.2, 0.25) is 0 Å². The van der Waals surface area contributed by atoms with Crippen molar-refractivity contribution in [3.8, 4) is 0 Å². The van der Waals surface area contributed by atoms with Crippen LogP contribution in [0.2, 0.25) is 0 Å². The lowest BCUT2D eigenvalue weighted by Gasteiger charge is -2.43. The van der Waals surface area contributed by atoms with Crippen LogP contribution in [0, 0.1) is 12.3 Å². The minimum Gasteiger partial charge on any atom is -0.326 e. The molecule has 0 spiro atoms. The molecule has 1 aliphatic rings. The summed E-state index contributed by atoms with van der Waals surface area (Å²) in [5.41, 5.74) is 9.49. The molecule has 0 aliphatic heterocycles. The number of benzene rings is 1. The van der Waals surface area contributed by atoms with Crippen LogP contribution in [0.5, 0.6) is 0 Å². The van der Waals surface area contributed by atoms with Crippen molar-refractivity contribution < 1.29 is 0 Å². The molecule has 1 aliphatic carbocycles. The molecule has 2 nitrogen and oxygen atoms in total. The van der Waals surface area contributed by atoms with Crippen molar-refractivity contribution in [2.75, 3.05) is 7.05 Å². The molecule has 106 valence electrons. The molecule has 0 radical (unpaired) electrons. The van der Waals surface area contributed by atoms with Gasteiger partial charge in [0.05, 0.1) is 0 Å². The van der Waals surface area contributed by atoms with E-state index in [1.807, 2.05) is 0 Å². The average molecular weight is 260 g/mol. The molecule has 0 saturated heterocycles. The van der Waals surface area contributed by atoms with Crippen LogP contribution in [-0.4, -0.2) is 24.0 Å². The summed E-state index contributed by atoms with van der Waals surface area (Å²) in [6.45, 7) is 7.88. The zero-order valence-electron chi connectivity index (χ0n) is 12.8. The molecule has 0 heterocycles. The van der Waals surface area contributed by atoms with Crippen LogP contribution in [0.4, 0.5) is 0 Å². The van der Waals surface area contributed by atoms with E-state index in [0.29, 0.717) is 17.5 Å². The van der Waals surface area contributed by atoms with Gasteiger partial charge in [-0.3, -0.25) is 4.90 Å². The second-order valence-electron chi connectivity index (χ2n) is 7.04. The lowest BCUT2D eigenvalue weighted by Crippen LogP contribution is -2.51. The van der Waals surface area contributed by atoms with Crippen LogP contribution in [0.1, 0.15) is 44.2 Å². The number of nitrogens with two attached hydrogens (primary N) is 1. The summed E-state index contributed by atoms with van der Waals surface area (Å²) in [4.78, 5) is 2.44. The largest absolute Gasteiger partial charge is 0.326 e.